The number of carbonyl (C=O) groups excluding carboxylic acids is 1. The molecule has 0 radical (unpaired) electrons. The first-order valence-electron chi connectivity index (χ1n) is 8.31. The number of benzene rings is 3. The molecule has 30 heavy (non-hydrogen) atoms. The topological polar surface area (TPSA) is 73.1 Å². The van der Waals surface area contributed by atoms with Crippen molar-refractivity contribution in [1.29, 1.82) is 5.26 Å². The maximum atomic E-state index is 14.0. The standard InChI is InChI=1S/C21H11F5N2O2/c22-13-3-5-15(18(23)8-13)11-2-6-19(29)16(7-11)20(30)28-14-4-1-12(10-27)17(9-14)21(24,25)26/h1-9,29H,(H,28,30). The molecule has 0 saturated carbocycles. The quantitative estimate of drug-likeness (QED) is 0.553. The molecular formula is C21H11F5N2O2. The Morgan fingerprint density at radius 2 is 1.73 bits per heavy atom. The lowest BCUT2D eigenvalue weighted by atomic mass is 10.0. The van der Waals surface area contributed by atoms with E-state index in [1.54, 1.807) is 0 Å². The molecule has 3 rings (SSSR count). The van der Waals surface area contributed by atoms with E-state index in [1.807, 2.05) is 0 Å². The Bertz CT molecular complexity index is 1180. The van der Waals surface area contributed by atoms with Crippen LogP contribution in [0.15, 0.2) is 54.6 Å². The number of hydrogen-bond donors (Lipinski definition) is 2. The van der Waals surface area contributed by atoms with E-state index in [0.717, 1.165) is 36.4 Å². The van der Waals surface area contributed by atoms with Crippen molar-refractivity contribution in [2.24, 2.45) is 0 Å². The predicted octanol–water partition coefficient (Wildman–Crippen LogP) is 5.48. The number of halogens is 5. The Kier molecular flexibility index (Phi) is 5.43. The van der Waals surface area contributed by atoms with Crippen molar-refractivity contribution in [3.05, 3.63) is 82.9 Å². The van der Waals surface area contributed by atoms with Gasteiger partial charge in [0.1, 0.15) is 17.4 Å². The third kappa shape index (κ3) is 4.22. The number of nitriles is 1. The van der Waals surface area contributed by atoms with Gasteiger partial charge in [0.25, 0.3) is 5.91 Å². The van der Waals surface area contributed by atoms with Gasteiger partial charge in [-0.3, -0.25) is 4.79 Å². The fourth-order valence-electron chi connectivity index (χ4n) is 2.76. The van der Waals surface area contributed by atoms with E-state index >= 15 is 0 Å². The maximum Gasteiger partial charge on any atom is 0.417 e. The Morgan fingerprint density at radius 3 is 2.37 bits per heavy atom. The SMILES string of the molecule is N#Cc1ccc(NC(=O)c2cc(-c3ccc(F)cc3F)ccc2O)cc1C(F)(F)F. The number of phenolic OH excluding ortho intramolecular Hbond substituents is 1. The highest BCUT2D eigenvalue weighted by Crippen LogP contribution is 2.34. The van der Waals surface area contributed by atoms with Crippen molar-refractivity contribution in [2.45, 2.75) is 6.18 Å². The molecule has 0 saturated heterocycles. The number of hydrogen-bond acceptors (Lipinski definition) is 3. The van der Waals surface area contributed by atoms with Gasteiger partial charge < -0.3 is 10.4 Å². The summed E-state index contributed by atoms with van der Waals surface area (Å²) in [6.07, 6.45) is -4.81. The molecule has 0 aliphatic heterocycles. The first-order valence-corrected chi connectivity index (χ1v) is 8.31. The van der Waals surface area contributed by atoms with Gasteiger partial charge in [-0.15, -0.1) is 0 Å². The molecule has 0 spiro atoms. The van der Waals surface area contributed by atoms with Crippen molar-refractivity contribution in [2.75, 3.05) is 5.32 Å². The van der Waals surface area contributed by atoms with E-state index < -0.39 is 40.6 Å². The van der Waals surface area contributed by atoms with Crippen molar-refractivity contribution in [3.8, 4) is 22.9 Å². The lowest BCUT2D eigenvalue weighted by Crippen LogP contribution is -2.14. The second-order valence-electron chi connectivity index (χ2n) is 6.18. The van der Waals surface area contributed by atoms with Crippen LogP contribution in [0.1, 0.15) is 21.5 Å². The number of alkyl halides is 3. The normalized spacial score (nSPS) is 11.1. The summed E-state index contributed by atoms with van der Waals surface area (Å²) in [5.41, 5.74) is -2.33. The van der Waals surface area contributed by atoms with Gasteiger partial charge in [0.15, 0.2) is 0 Å². The minimum atomic E-state index is -4.81. The molecule has 0 aromatic heterocycles. The van der Waals surface area contributed by atoms with Crippen molar-refractivity contribution >= 4 is 11.6 Å². The Hall–Kier alpha value is -3.93. The van der Waals surface area contributed by atoms with Gasteiger partial charge in [0, 0.05) is 17.3 Å². The third-order valence-electron chi connectivity index (χ3n) is 4.19. The predicted molar refractivity (Wildman–Crippen MR) is 97.6 cm³/mol. The van der Waals surface area contributed by atoms with Crippen LogP contribution in [-0.4, -0.2) is 11.0 Å². The molecule has 1 amide bonds. The van der Waals surface area contributed by atoms with Gasteiger partial charge in [-0.2, -0.15) is 18.4 Å². The van der Waals surface area contributed by atoms with Crippen LogP contribution in [-0.2, 0) is 6.18 Å². The molecule has 0 heterocycles. The molecule has 2 N–H and O–H groups in total. The molecule has 0 aliphatic carbocycles. The number of amides is 1. The van der Waals surface area contributed by atoms with Crippen LogP contribution in [0.2, 0.25) is 0 Å². The molecule has 0 bridgehead atoms. The van der Waals surface area contributed by atoms with E-state index in [4.69, 9.17) is 5.26 Å². The minimum Gasteiger partial charge on any atom is -0.507 e. The van der Waals surface area contributed by atoms with Gasteiger partial charge in [-0.1, -0.05) is 6.07 Å². The Morgan fingerprint density at radius 1 is 1.00 bits per heavy atom. The summed E-state index contributed by atoms with van der Waals surface area (Å²) in [6, 6.07) is 10.4. The number of anilines is 1. The van der Waals surface area contributed by atoms with Crippen LogP contribution in [0.4, 0.5) is 27.6 Å². The third-order valence-corrected chi connectivity index (χ3v) is 4.19. The molecule has 3 aromatic rings. The van der Waals surface area contributed by atoms with Crippen LogP contribution in [0, 0.1) is 23.0 Å². The highest BCUT2D eigenvalue weighted by molar-refractivity contribution is 6.07. The lowest BCUT2D eigenvalue weighted by Gasteiger charge is -2.13. The second kappa shape index (κ2) is 7.83. The summed E-state index contributed by atoms with van der Waals surface area (Å²) in [5.74, 6) is -3.15. The van der Waals surface area contributed by atoms with Crippen LogP contribution in [0.3, 0.4) is 0 Å². The summed E-state index contributed by atoms with van der Waals surface area (Å²) >= 11 is 0. The zero-order valence-electron chi connectivity index (χ0n) is 14.9. The average molecular weight is 418 g/mol. The average Bonchev–Trinajstić information content (AvgIpc) is 2.68. The maximum absolute atomic E-state index is 14.0. The van der Waals surface area contributed by atoms with E-state index in [-0.39, 0.29) is 22.4 Å². The summed E-state index contributed by atoms with van der Waals surface area (Å²) < 4.78 is 66.4. The van der Waals surface area contributed by atoms with Crippen molar-refractivity contribution < 1.29 is 31.9 Å². The first kappa shape index (κ1) is 20.8. The fourth-order valence-corrected chi connectivity index (χ4v) is 2.76. The summed E-state index contributed by atoms with van der Waals surface area (Å²) in [5, 5.41) is 21.0. The number of nitrogens with one attached hydrogen (secondary N) is 1. The molecule has 4 nitrogen and oxygen atoms in total. The van der Waals surface area contributed by atoms with E-state index in [9.17, 15) is 31.9 Å². The Labute approximate surface area is 166 Å². The molecule has 0 aliphatic rings. The fraction of sp³-hybridized carbons (Fsp3) is 0.0476. The number of carbonyl (C=O) groups is 1. The minimum absolute atomic E-state index is 0.0387. The molecular weight excluding hydrogens is 407 g/mol. The smallest absolute Gasteiger partial charge is 0.417 e. The van der Waals surface area contributed by atoms with Crippen molar-refractivity contribution in [3.63, 3.8) is 0 Å². The zero-order valence-corrected chi connectivity index (χ0v) is 14.9. The highest BCUT2D eigenvalue weighted by Gasteiger charge is 2.34. The van der Waals surface area contributed by atoms with Crippen LogP contribution in [0.5, 0.6) is 5.75 Å². The number of aromatic hydroxyl groups is 1. The highest BCUT2D eigenvalue weighted by atomic mass is 19.4. The second-order valence-corrected chi connectivity index (χ2v) is 6.18. The van der Waals surface area contributed by atoms with Crippen LogP contribution < -0.4 is 5.32 Å². The number of phenols is 1. The summed E-state index contributed by atoms with van der Waals surface area (Å²) in [7, 11) is 0. The zero-order chi connectivity index (χ0) is 22.1. The van der Waals surface area contributed by atoms with E-state index in [2.05, 4.69) is 5.32 Å². The molecule has 0 unspecified atom stereocenters. The van der Waals surface area contributed by atoms with Crippen LogP contribution in [0.25, 0.3) is 11.1 Å². The van der Waals surface area contributed by atoms with Gasteiger partial charge in [0.05, 0.1) is 22.8 Å². The largest absolute Gasteiger partial charge is 0.507 e. The Balaban J connectivity index is 1.96. The van der Waals surface area contributed by atoms with Crippen molar-refractivity contribution in [1.82, 2.24) is 0 Å². The van der Waals surface area contributed by atoms with E-state index in [1.165, 1.54) is 12.1 Å². The number of rotatable bonds is 3. The van der Waals surface area contributed by atoms with Gasteiger partial charge >= 0.3 is 6.18 Å². The van der Waals surface area contributed by atoms with E-state index in [0.29, 0.717) is 12.1 Å². The molecule has 0 atom stereocenters. The summed E-state index contributed by atoms with van der Waals surface area (Å²) in [6.45, 7) is 0. The molecule has 152 valence electrons. The van der Waals surface area contributed by atoms with Gasteiger partial charge in [0.2, 0.25) is 0 Å². The number of nitrogens with zero attached hydrogens (tertiary/aromatic N) is 1. The van der Waals surface area contributed by atoms with Gasteiger partial charge in [-0.25, -0.2) is 8.78 Å². The first-order chi connectivity index (χ1) is 14.1. The molecule has 9 heteroatoms. The lowest BCUT2D eigenvalue weighted by molar-refractivity contribution is -0.137. The molecule has 3 aromatic carbocycles. The summed E-state index contributed by atoms with van der Waals surface area (Å²) in [4.78, 5) is 12.5. The van der Waals surface area contributed by atoms with Gasteiger partial charge in [-0.05, 0) is 48.0 Å². The van der Waals surface area contributed by atoms with Crippen LogP contribution >= 0.6 is 0 Å². The monoisotopic (exact) mass is 418 g/mol. The molecule has 0 fully saturated rings.